The number of hydrogen-bond donors (Lipinski definition) is 1. The molecule has 3 nitrogen and oxygen atoms in total. The van der Waals surface area contributed by atoms with Gasteiger partial charge in [0.2, 0.25) is 0 Å². The smallest absolute Gasteiger partial charge is 0.123 e. The molecular formula is C15H16N2O. The maximum atomic E-state index is 5.78. The first-order chi connectivity index (χ1) is 8.83. The summed E-state index contributed by atoms with van der Waals surface area (Å²) in [5.41, 5.74) is 3.61. The normalized spacial score (nSPS) is 18.6. The molecule has 0 amide bonds. The molecule has 0 aliphatic carbocycles. The third kappa shape index (κ3) is 2.22. The molecule has 0 unspecified atom stereocenters. The Morgan fingerprint density at radius 1 is 1.17 bits per heavy atom. The summed E-state index contributed by atoms with van der Waals surface area (Å²) in [5.74, 6) is 0.990. The molecular weight excluding hydrogens is 224 g/mol. The van der Waals surface area contributed by atoms with Crippen LogP contribution in [0.3, 0.4) is 0 Å². The van der Waals surface area contributed by atoms with Gasteiger partial charge in [-0.2, -0.15) is 0 Å². The van der Waals surface area contributed by atoms with Gasteiger partial charge in [-0.05, 0) is 42.3 Å². The highest BCUT2D eigenvalue weighted by molar-refractivity contribution is 5.65. The fourth-order valence-electron chi connectivity index (χ4n) is 2.14. The monoisotopic (exact) mass is 240 g/mol. The zero-order valence-corrected chi connectivity index (χ0v) is 10.4. The standard InChI is InChI=1S/C15H16N2O/c1-11-10-18-15-3-2-13(8-14(15)9-17-11)12-4-6-16-7-5-12/h2-8,11,17H,9-10H2,1H3/t11-/m0/s1. The molecule has 2 heterocycles. The second kappa shape index (κ2) is 4.78. The van der Waals surface area contributed by atoms with Crippen molar-refractivity contribution in [2.75, 3.05) is 6.61 Å². The fourth-order valence-corrected chi connectivity index (χ4v) is 2.14. The van der Waals surface area contributed by atoms with E-state index in [1.807, 2.05) is 24.5 Å². The van der Waals surface area contributed by atoms with Crippen molar-refractivity contribution < 1.29 is 4.74 Å². The van der Waals surface area contributed by atoms with Crippen LogP contribution in [0.4, 0.5) is 0 Å². The van der Waals surface area contributed by atoms with Crippen LogP contribution in [0.25, 0.3) is 11.1 Å². The highest BCUT2D eigenvalue weighted by atomic mass is 16.5. The molecule has 0 bridgehead atoms. The zero-order valence-electron chi connectivity index (χ0n) is 10.4. The lowest BCUT2D eigenvalue weighted by Gasteiger charge is -2.09. The van der Waals surface area contributed by atoms with Crippen molar-refractivity contribution in [1.82, 2.24) is 10.3 Å². The number of nitrogens with one attached hydrogen (secondary N) is 1. The molecule has 0 radical (unpaired) electrons. The maximum absolute atomic E-state index is 5.78. The number of nitrogens with zero attached hydrogens (tertiary/aromatic N) is 1. The third-order valence-corrected chi connectivity index (χ3v) is 3.20. The van der Waals surface area contributed by atoms with Crippen molar-refractivity contribution in [3.63, 3.8) is 0 Å². The van der Waals surface area contributed by atoms with Gasteiger partial charge in [0.25, 0.3) is 0 Å². The Morgan fingerprint density at radius 3 is 2.83 bits per heavy atom. The fraction of sp³-hybridized carbons (Fsp3) is 0.267. The van der Waals surface area contributed by atoms with Crippen LogP contribution in [0, 0.1) is 0 Å². The van der Waals surface area contributed by atoms with Crippen LogP contribution in [0.15, 0.2) is 42.7 Å². The molecule has 3 rings (SSSR count). The van der Waals surface area contributed by atoms with E-state index in [1.165, 1.54) is 16.7 Å². The minimum atomic E-state index is 0.391. The summed E-state index contributed by atoms with van der Waals surface area (Å²) < 4.78 is 5.78. The summed E-state index contributed by atoms with van der Waals surface area (Å²) in [6, 6.07) is 10.8. The van der Waals surface area contributed by atoms with Crippen LogP contribution >= 0.6 is 0 Å². The molecule has 1 atom stereocenters. The Bertz CT molecular complexity index is 539. The van der Waals surface area contributed by atoms with E-state index in [9.17, 15) is 0 Å². The summed E-state index contributed by atoms with van der Waals surface area (Å²) in [6.07, 6.45) is 3.63. The lowest BCUT2D eigenvalue weighted by atomic mass is 10.0. The topological polar surface area (TPSA) is 34.1 Å². The second-order valence-electron chi connectivity index (χ2n) is 4.65. The van der Waals surface area contributed by atoms with Gasteiger partial charge in [0.1, 0.15) is 12.4 Å². The Balaban J connectivity index is 1.96. The molecule has 2 aromatic rings. The average molecular weight is 240 g/mol. The minimum Gasteiger partial charge on any atom is -0.492 e. The molecule has 0 spiro atoms. The van der Waals surface area contributed by atoms with Gasteiger partial charge in [0.15, 0.2) is 0 Å². The van der Waals surface area contributed by atoms with E-state index in [2.05, 4.69) is 35.4 Å². The highest BCUT2D eigenvalue weighted by Gasteiger charge is 2.13. The van der Waals surface area contributed by atoms with Gasteiger partial charge in [0, 0.05) is 30.5 Å². The Labute approximate surface area is 107 Å². The Kier molecular flexibility index (Phi) is 2.99. The van der Waals surface area contributed by atoms with Crippen molar-refractivity contribution in [2.45, 2.75) is 19.5 Å². The quantitative estimate of drug-likeness (QED) is 0.832. The van der Waals surface area contributed by atoms with E-state index in [0.29, 0.717) is 6.04 Å². The number of rotatable bonds is 1. The largest absolute Gasteiger partial charge is 0.492 e. The molecule has 1 aromatic carbocycles. The minimum absolute atomic E-state index is 0.391. The Hall–Kier alpha value is -1.87. The summed E-state index contributed by atoms with van der Waals surface area (Å²) in [7, 11) is 0. The highest BCUT2D eigenvalue weighted by Crippen LogP contribution is 2.27. The molecule has 3 heteroatoms. The third-order valence-electron chi connectivity index (χ3n) is 3.20. The van der Waals surface area contributed by atoms with E-state index in [-0.39, 0.29) is 0 Å². The van der Waals surface area contributed by atoms with Crippen molar-refractivity contribution >= 4 is 0 Å². The van der Waals surface area contributed by atoms with Gasteiger partial charge in [-0.1, -0.05) is 6.07 Å². The molecule has 1 N–H and O–H groups in total. The van der Waals surface area contributed by atoms with Gasteiger partial charge < -0.3 is 10.1 Å². The van der Waals surface area contributed by atoms with Crippen molar-refractivity contribution in [1.29, 1.82) is 0 Å². The van der Waals surface area contributed by atoms with Crippen LogP contribution < -0.4 is 10.1 Å². The first kappa shape index (κ1) is 11.2. The van der Waals surface area contributed by atoms with Gasteiger partial charge in [0.05, 0.1) is 0 Å². The van der Waals surface area contributed by atoms with E-state index < -0.39 is 0 Å². The first-order valence-corrected chi connectivity index (χ1v) is 6.22. The SMILES string of the molecule is C[C@H]1COc2ccc(-c3ccncc3)cc2CN1. The molecule has 1 aromatic heterocycles. The van der Waals surface area contributed by atoms with Gasteiger partial charge in [-0.3, -0.25) is 4.98 Å². The predicted octanol–water partition coefficient (Wildman–Crippen LogP) is 2.62. The van der Waals surface area contributed by atoms with Crippen LogP contribution in [0.1, 0.15) is 12.5 Å². The van der Waals surface area contributed by atoms with E-state index in [0.717, 1.165) is 18.9 Å². The van der Waals surface area contributed by atoms with Crippen LogP contribution in [-0.4, -0.2) is 17.6 Å². The molecule has 0 saturated heterocycles. The second-order valence-corrected chi connectivity index (χ2v) is 4.65. The van der Waals surface area contributed by atoms with Crippen LogP contribution in [0.2, 0.25) is 0 Å². The molecule has 18 heavy (non-hydrogen) atoms. The maximum Gasteiger partial charge on any atom is 0.123 e. The van der Waals surface area contributed by atoms with Gasteiger partial charge >= 0.3 is 0 Å². The molecule has 1 aliphatic rings. The van der Waals surface area contributed by atoms with Gasteiger partial charge in [-0.15, -0.1) is 0 Å². The Morgan fingerprint density at radius 2 is 2.00 bits per heavy atom. The summed E-state index contributed by atoms with van der Waals surface area (Å²) in [5, 5.41) is 3.44. The summed E-state index contributed by atoms with van der Waals surface area (Å²) >= 11 is 0. The van der Waals surface area contributed by atoms with Crippen molar-refractivity contribution in [2.24, 2.45) is 0 Å². The molecule has 0 saturated carbocycles. The summed E-state index contributed by atoms with van der Waals surface area (Å²) in [6.45, 7) is 3.71. The van der Waals surface area contributed by atoms with E-state index in [1.54, 1.807) is 0 Å². The number of ether oxygens (including phenoxy) is 1. The van der Waals surface area contributed by atoms with E-state index in [4.69, 9.17) is 4.74 Å². The van der Waals surface area contributed by atoms with Crippen molar-refractivity contribution in [3.8, 4) is 16.9 Å². The van der Waals surface area contributed by atoms with E-state index >= 15 is 0 Å². The average Bonchev–Trinajstić information content (AvgIpc) is 2.62. The zero-order chi connectivity index (χ0) is 12.4. The van der Waals surface area contributed by atoms with Crippen LogP contribution in [-0.2, 0) is 6.54 Å². The first-order valence-electron chi connectivity index (χ1n) is 6.22. The molecule has 0 fully saturated rings. The van der Waals surface area contributed by atoms with Crippen LogP contribution in [0.5, 0.6) is 5.75 Å². The number of pyridine rings is 1. The lowest BCUT2D eigenvalue weighted by Crippen LogP contribution is -2.28. The summed E-state index contributed by atoms with van der Waals surface area (Å²) in [4.78, 5) is 4.05. The molecule has 1 aliphatic heterocycles. The number of fused-ring (bicyclic) bond motifs is 1. The lowest BCUT2D eigenvalue weighted by molar-refractivity contribution is 0.287. The van der Waals surface area contributed by atoms with Crippen molar-refractivity contribution in [3.05, 3.63) is 48.3 Å². The predicted molar refractivity (Wildman–Crippen MR) is 71.5 cm³/mol. The van der Waals surface area contributed by atoms with Gasteiger partial charge in [-0.25, -0.2) is 0 Å². The molecule has 92 valence electrons. The number of aromatic nitrogens is 1. The number of benzene rings is 1. The number of hydrogen-bond acceptors (Lipinski definition) is 3.